The summed E-state index contributed by atoms with van der Waals surface area (Å²) >= 11 is 1.23. The number of esters is 1. The van der Waals surface area contributed by atoms with Crippen molar-refractivity contribution in [2.45, 2.75) is 44.0 Å². The normalized spacial score (nSPS) is 16.6. The Bertz CT molecular complexity index is 1500. The number of nitrogens with zero attached hydrogens (tertiary/aromatic N) is 3. The zero-order chi connectivity index (χ0) is 26.0. The maximum absolute atomic E-state index is 13.1. The van der Waals surface area contributed by atoms with Crippen molar-refractivity contribution in [3.8, 4) is 11.5 Å². The molecule has 0 aliphatic carbocycles. The number of amides is 1. The smallest absolute Gasteiger partial charge is 0.326 e. The lowest BCUT2D eigenvalue weighted by atomic mass is 10.2. The fourth-order valence-electron chi connectivity index (χ4n) is 4.39. The third-order valence-corrected chi connectivity index (χ3v) is 9.22. The molecular formula is C25H27N3O7S2. The maximum atomic E-state index is 13.1. The molecule has 1 saturated heterocycles. The van der Waals surface area contributed by atoms with Crippen LogP contribution in [0.4, 0.5) is 0 Å². The maximum Gasteiger partial charge on any atom is 0.326 e. The Kier molecular flexibility index (Phi) is 7.31. The van der Waals surface area contributed by atoms with Gasteiger partial charge in [0, 0.05) is 30.8 Å². The highest BCUT2D eigenvalue weighted by atomic mass is 32.2. The Hall–Kier alpha value is -3.22. The monoisotopic (exact) mass is 545 g/mol. The van der Waals surface area contributed by atoms with Crippen LogP contribution >= 0.6 is 11.3 Å². The molecule has 1 fully saturated rings. The van der Waals surface area contributed by atoms with Crippen LogP contribution in [0.25, 0.3) is 10.2 Å². The second-order valence-electron chi connectivity index (χ2n) is 8.71. The molecule has 2 aliphatic rings. The molecule has 0 spiro atoms. The number of carbonyl (C=O) groups excluding carboxylic acids is 2. The second kappa shape index (κ2) is 10.6. The number of rotatable bonds is 6. The van der Waals surface area contributed by atoms with E-state index in [1.807, 2.05) is 0 Å². The summed E-state index contributed by atoms with van der Waals surface area (Å²) in [6.45, 7) is 2.94. The highest BCUT2D eigenvalue weighted by Crippen LogP contribution is 2.37. The summed E-state index contributed by atoms with van der Waals surface area (Å²) in [5.74, 6) is 0.109. The standard InChI is InChI=1S/C25H27N3O7S2/c1-2-33-23(29)15-28-19-13-20-21(35-16-34-20)14-22(19)36-25(28)26-24(30)17-7-9-18(10-8-17)37(31,32)27-11-5-3-4-6-12-27/h7-10,13-14H,2-6,11-12,15-16H2,1H3. The van der Waals surface area contributed by atoms with Crippen molar-refractivity contribution in [2.75, 3.05) is 26.5 Å². The second-order valence-corrected chi connectivity index (χ2v) is 11.7. The number of sulfonamides is 1. The van der Waals surface area contributed by atoms with Gasteiger partial charge in [0.05, 0.1) is 21.7 Å². The fraction of sp³-hybridized carbons (Fsp3) is 0.400. The average Bonchev–Trinajstić information content (AvgIpc) is 3.34. The molecular weight excluding hydrogens is 518 g/mol. The van der Waals surface area contributed by atoms with Gasteiger partial charge in [0.15, 0.2) is 16.3 Å². The minimum absolute atomic E-state index is 0.115. The molecule has 3 heterocycles. The number of fused-ring (bicyclic) bond motifs is 2. The molecule has 1 amide bonds. The van der Waals surface area contributed by atoms with Crippen LogP contribution in [0.3, 0.4) is 0 Å². The topological polar surface area (TPSA) is 117 Å². The van der Waals surface area contributed by atoms with E-state index in [0.29, 0.717) is 34.9 Å². The summed E-state index contributed by atoms with van der Waals surface area (Å²) in [5, 5.41) is 0. The molecule has 10 nitrogen and oxygen atoms in total. The SMILES string of the molecule is CCOC(=O)Cn1c(=NC(=O)c2ccc(S(=O)(=O)N3CCCCCC3)cc2)sc2cc3c(cc21)OCO3. The number of carbonyl (C=O) groups is 2. The van der Waals surface area contributed by atoms with E-state index in [0.717, 1.165) is 30.4 Å². The van der Waals surface area contributed by atoms with Crippen molar-refractivity contribution in [3.05, 3.63) is 46.8 Å². The number of ether oxygens (including phenoxy) is 3. The van der Waals surface area contributed by atoms with Crippen LogP contribution in [-0.2, 0) is 26.1 Å². The van der Waals surface area contributed by atoms with Gasteiger partial charge in [-0.2, -0.15) is 9.30 Å². The lowest BCUT2D eigenvalue weighted by molar-refractivity contribution is -0.143. The van der Waals surface area contributed by atoms with Crippen LogP contribution in [0.2, 0.25) is 0 Å². The Morgan fingerprint density at radius 2 is 1.70 bits per heavy atom. The van der Waals surface area contributed by atoms with Crippen molar-refractivity contribution in [3.63, 3.8) is 0 Å². The quantitative estimate of drug-likeness (QED) is 0.436. The van der Waals surface area contributed by atoms with Crippen LogP contribution < -0.4 is 14.3 Å². The molecule has 37 heavy (non-hydrogen) atoms. The summed E-state index contributed by atoms with van der Waals surface area (Å²) in [4.78, 5) is 30.1. The van der Waals surface area contributed by atoms with Gasteiger partial charge in [-0.25, -0.2) is 8.42 Å². The third-order valence-electron chi connectivity index (χ3n) is 6.27. The van der Waals surface area contributed by atoms with Crippen molar-refractivity contribution in [1.29, 1.82) is 0 Å². The molecule has 12 heteroatoms. The molecule has 196 valence electrons. The summed E-state index contributed by atoms with van der Waals surface area (Å²) < 4.78 is 46.0. The van der Waals surface area contributed by atoms with Gasteiger partial charge in [-0.1, -0.05) is 24.2 Å². The van der Waals surface area contributed by atoms with Gasteiger partial charge in [0.25, 0.3) is 5.91 Å². The number of benzene rings is 2. The Morgan fingerprint density at radius 3 is 2.38 bits per heavy atom. The van der Waals surface area contributed by atoms with E-state index in [9.17, 15) is 18.0 Å². The molecule has 0 bridgehead atoms. The summed E-state index contributed by atoms with van der Waals surface area (Å²) in [6.07, 6.45) is 3.74. The Labute approximate surface area is 218 Å². The van der Waals surface area contributed by atoms with Gasteiger partial charge >= 0.3 is 5.97 Å². The highest BCUT2D eigenvalue weighted by Gasteiger charge is 2.25. The molecule has 0 unspecified atom stereocenters. The van der Waals surface area contributed by atoms with E-state index in [-0.39, 0.29) is 30.4 Å². The lowest BCUT2D eigenvalue weighted by Gasteiger charge is -2.19. The summed E-state index contributed by atoms with van der Waals surface area (Å²) in [5.41, 5.74) is 0.900. The highest BCUT2D eigenvalue weighted by molar-refractivity contribution is 7.89. The Balaban J connectivity index is 1.47. The minimum Gasteiger partial charge on any atom is -0.465 e. The predicted octanol–water partition coefficient (Wildman–Crippen LogP) is 3.30. The van der Waals surface area contributed by atoms with E-state index in [1.165, 1.54) is 39.9 Å². The first-order valence-corrected chi connectivity index (χ1v) is 14.4. The van der Waals surface area contributed by atoms with Crippen LogP contribution in [0.1, 0.15) is 43.0 Å². The zero-order valence-corrected chi connectivity index (χ0v) is 22.0. The van der Waals surface area contributed by atoms with Gasteiger partial charge in [-0.3, -0.25) is 9.59 Å². The molecule has 0 saturated carbocycles. The first-order chi connectivity index (χ1) is 17.9. The van der Waals surface area contributed by atoms with E-state index in [4.69, 9.17) is 14.2 Å². The van der Waals surface area contributed by atoms with E-state index >= 15 is 0 Å². The van der Waals surface area contributed by atoms with Gasteiger partial charge in [-0.05, 0) is 44.0 Å². The van der Waals surface area contributed by atoms with Crippen LogP contribution in [-0.4, -0.2) is 55.7 Å². The fourth-order valence-corrected chi connectivity index (χ4v) is 6.94. The average molecular weight is 546 g/mol. The van der Waals surface area contributed by atoms with Gasteiger partial charge in [0.2, 0.25) is 16.8 Å². The number of aromatic nitrogens is 1. The van der Waals surface area contributed by atoms with Crippen LogP contribution in [0.15, 0.2) is 46.3 Å². The zero-order valence-electron chi connectivity index (χ0n) is 20.3. The first kappa shape index (κ1) is 25.4. The van der Waals surface area contributed by atoms with Crippen molar-refractivity contribution >= 4 is 43.5 Å². The number of hydrogen-bond donors (Lipinski definition) is 0. The summed E-state index contributed by atoms with van der Waals surface area (Å²) in [6, 6.07) is 9.36. The molecule has 2 aromatic carbocycles. The first-order valence-electron chi connectivity index (χ1n) is 12.1. The van der Waals surface area contributed by atoms with E-state index in [1.54, 1.807) is 23.6 Å². The van der Waals surface area contributed by atoms with Gasteiger partial charge in [-0.15, -0.1) is 0 Å². The molecule has 0 N–H and O–H groups in total. The Morgan fingerprint density at radius 1 is 1.03 bits per heavy atom. The van der Waals surface area contributed by atoms with E-state index < -0.39 is 21.9 Å². The molecule has 2 aliphatic heterocycles. The van der Waals surface area contributed by atoms with E-state index in [2.05, 4.69) is 4.99 Å². The van der Waals surface area contributed by atoms with Gasteiger partial charge < -0.3 is 18.8 Å². The third kappa shape index (κ3) is 5.27. The molecule has 1 aromatic heterocycles. The molecule has 3 aromatic rings. The van der Waals surface area contributed by atoms with Crippen LogP contribution in [0.5, 0.6) is 11.5 Å². The predicted molar refractivity (Wildman–Crippen MR) is 136 cm³/mol. The van der Waals surface area contributed by atoms with Gasteiger partial charge in [0.1, 0.15) is 6.54 Å². The largest absolute Gasteiger partial charge is 0.465 e. The minimum atomic E-state index is -3.62. The van der Waals surface area contributed by atoms with Crippen LogP contribution in [0, 0.1) is 0 Å². The molecule has 0 radical (unpaired) electrons. The lowest BCUT2D eigenvalue weighted by Crippen LogP contribution is -2.31. The molecule has 0 atom stereocenters. The summed E-state index contributed by atoms with van der Waals surface area (Å²) in [7, 11) is -3.62. The number of hydrogen-bond acceptors (Lipinski definition) is 8. The molecule has 5 rings (SSSR count). The van der Waals surface area contributed by atoms with Crippen molar-refractivity contribution in [1.82, 2.24) is 8.87 Å². The van der Waals surface area contributed by atoms with Crippen molar-refractivity contribution < 1.29 is 32.2 Å². The van der Waals surface area contributed by atoms with Crippen molar-refractivity contribution in [2.24, 2.45) is 4.99 Å². The number of thiazole rings is 1.